The molecule has 0 saturated carbocycles. The van der Waals surface area contributed by atoms with Crippen LogP contribution in [0.5, 0.6) is 0 Å². The minimum atomic E-state index is 0.799. The Labute approximate surface area is 90.2 Å². The highest BCUT2D eigenvalue weighted by molar-refractivity contribution is 7.37. The second-order valence-corrected chi connectivity index (χ2v) is 4.99. The molecule has 1 atom stereocenters. The summed E-state index contributed by atoms with van der Waals surface area (Å²) in [5.74, 6) is 0. The van der Waals surface area contributed by atoms with Gasteiger partial charge < -0.3 is 16.8 Å². The first kappa shape index (κ1) is 14.3. The van der Waals surface area contributed by atoms with E-state index in [9.17, 15) is 0 Å². The standard InChI is InChI=1S/C10H26N3P/c11-5-3-8-13-7-1-2-9-14-10-4-6-12/h13-14H,1-12H2. The number of unbranched alkanes of at least 4 members (excludes halogenated alkanes) is 1. The van der Waals surface area contributed by atoms with Crippen molar-refractivity contribution in [2.45, 2.75) is 25.7 Å². The molecule has 0 radical (unpaired) electrons. The molecule has 0 amide bonds. The van der Waals surface area contributed by atoms with Crippen molar-refractivity contribution in [3.8, 4) is 0 Å². The summed E-state index contributed by atoms with van der Waals surface area (Å²) in [7, 11) is 1.12. The van der Waals surface area contributed by atoms with Gasteiger partial charge in [-0.3, -0.25) is 0 Å². The molecule has 0 rings (SSSR count). The van der Waals surface area contributed by atoms with E-state index in [4.69, 9.17) is 11.5 Å². The number of hydrogen-bond acceptors (Lipinski definition) is 3. The van der Waals surface area contributed by atoms with E-state index in [0.29, 0.717) is 0 Å². The third kappa shape index (κ3) is 12.3. The second kappa shape index (κ2) is 13.3. The Morgan fingerprint density at radius 2 is 1.43 bits per heavy atom. The number of rotatable bonds is 11. The lowest BCUT2D eigenvalue weighted by Crippen LogP contribution is -2.19. The summed E-state index contributed by atoms with van der Waals surface area (Å²) in [4.78, 5) is 0. The van der Waals surface area contributed by atoms with E-state index < -0.39 is 0 Å². The molecule has 0 aromatic heterocycles. The molecule has 0 fully saturated rings. The fourth-order valence-corrected chi connectivity index (χ4v) is 2.41. The highest BCUT2D eigenvalue weighted by Gasteiger charge is 1.90. The van der Waals surface area contributed by atoms with Crippen LogP contribution in [0.1, 0.15) is 25.7 Å². The van der Waals surface area contributed by atoms with E-state index in [1.54, 1.807) is 0 Å². The van der Waals surface area contributed by atoms with Crippen LogP contribution in [0.4, 0.5) is 0 Å². The van der Waals surface area contributed by atoms with Crippen LogP contribution in [0, 0.1) is 0 Å². The average molecular weight is 219 g/mol. The van der Waals surface area contributed by atoms with Crippen LogP contribution >= 0.6 is 8.58 Å². The maximum Gasteiger partial charge on any atom is -0.00369 e. The van der Waals surface area contributed by atoms with Gasteiger partial charge in [-0.2, -0.15) is 0 Å². The van der Waals surface area contributed by atoms with Gasteiger partial charge in [-0.15, -0.1) is 8.58 Å². The normalized spacial score (nSPS) is 11.6. The molecule has 4 heteroatoms. The number of nitrogens with two attached hydrogens (primary N) is 2. The minimum absolute atomic E-state index is 0.799. The molecule has 0 aliphatic rings. The Morgan fingerprint density at radius 3 is 2.14 bits per heavy atom. The van der Waals surface area contributed by atoms with Crippen molar-refractivity contribution < 1.29 is 0 Å². The fourth-order valence-electron chi connectivity index (χ4n) is 1.20. The van der Waals surface area contributed by atoms with E-state index >= 15 is 0 Å². The van der Waals surface area contributed by atoms with Gasteiger partial charge in [0.1, 0.15) is 0 Å². The molecular weight excluding hydrogens is 193 g/mol. The van der Waals surface area contributed by atoms with Gasteiger partial charge in [-0.25, -0.2) is 0 Å². The highest BCUT2D eigenvalue weighted by atomic mass is 31.1. The van der Waals surface area contributed by atoms with Gasteiger partial charge in [0.15, 0.2) is 0 Å². The lowest BCUT2D eigenvalue weighted by molar-refractivity contribution is 0.622. The first-order valence-corrected chi connectivity index (χ1v) is 7.14. The molecular formula is C10H26N3P. The Kier molecular flexibility index (Phi) is 13.6. The Hall–Kier alpha value is 0.310. The summed E-state index contributed by atoms with van der Waals surface area (Å²) in [5.41, 5.74) is 10.8. The lowest BCUT2D eigenvalue weighted by Gasteiger charge is -2.03. The van der Waals surface area contributed by atoms with Gasteiger partial charge in [-0.05, 0) is 64.2 Å². The predicted molar refractivity (Wildman–Crippen MR) is 67.5 cm³/mol. The largest absolute Gasteiger partial charge is 0.330 e. The molecule has 0 heterocycles. The zero-order valence-corrected chi connectivity index (χ0v) is 10.2. The van der Waals surface area contributed by atoms with E-state index in [1.807, 2.05) is 0 Å². The van der Waals surface area contributed by atoms with Crippen molar-refractivity contribution >= 4 is 8.58 Å². The summed E-state index contributed by atoms with van der Waals surface area (Å²) in [6, 6.07) is 0. The Morgan fingerprint density at radius 1 is 0.786 bits per heavy atom. The SMILES string of the molecule is NCCCNCCCCPCCCN. The van der Waals surface area contributed by atoms with Crippen LogP contribution < -0.4 is 16.8 Å². The van der Waals surface area contributed by atoms with Crippen molar-refractivity contribution in [2.24, 2.45) is 11.5 Å². The van der Waals surface area contributed by atoms with Crippen molar-refractivity contribution in [1.29, 1.82) is 0 Å². The van der Waals surface area contributed by atoms with Gasteiger partial charge in [-0.1, -0.05) is 0 Å². The Balaban J connectivity index is 2.78. The fraction of sp³-hybridized carbons (Fsp3) is 1.00. The van der Waals surface area contributed by atoms with Gasteiger partial charge in [0, 0.05) is 0 Å². The van der Waals surface area contributed by atoms with Gasteiger partial charge >= 0.3 is 0 Å². The summed E-state index contributed by atoms with van der Waals surface area (Å²) < 4.78 is 0. The predicted octanol–water partition coefficient (Wildman–Crippen LogP) is 0.732. The highest BCUT2D eigenvalue weighted by Crippen LogP contribution is 2.12. The summed E-state index contributed by atoms with van der Waals surface area (Å²) in [6.07, 6.45) is 7.68. The molecule has 86 valence electrons. The molecule has 0 aliphatic heterocycles. The molecule has 1 unspecified atom stereocenters. The van der Waals surface area contributed by atoms with Gasteiger partial charge in [0.05, 0.1) is 0 Å². The molecule has 0 bridgehead atoms. The van der Waals surface area contributed by atoms with Crippen LogP contribution in [-0.2, 0) is 0 Å². The summed E-state index contributed by atoms with van der Waals surface area (Å²) in [5, 5.41) is 3.39. The van der Waals surface area contributed by atoms with Crippen LogP contribution in [0.25, 0.3) is 0 Å². The zero-order chi connectivity index (χ0) is 10.5. The first-order valence-electron chi connectivity index (χ1n) is 5.73. The van der Waals surface area contributed by atoms with E-state index in [2.05, 4.69) is 5.32 Å². The maximum atomic E-state index is 5.42. The molecule has 5 N–H and O–H groups in total. The van der Waals surface area contributed by atoms with E-state index in [0.717, 1.165) is 41.2 Å². The number of hydrogen-bond donors (Lipinski definition) is 3. The minimum Gasteiger partial charge on any atom is -0.330 e. The molecule has 0 aliphatic carbocycles. The second-order valence-electron chi connectivity index (χ2n) is 3.49. The van der Waals surface area contributed by atoms with Crippen molar-refractivity contribution in [1.82, 2.24) is 5.32 Å². The summed E-state index contributed by atoms with van der Waals surface area (Å²) in [6.45, 7) is 3.88. The molecule has 14 heavy (non-hydrogen) atoms. The Bertz CT molecular complexity index is 89.4. The van der Waals surface area contributed by atoms with E-state index in [1.165, 1.54) is 31.6 Å². The lowest BCUT2D eigenvalue weighted by atomic mass is 10.3. The summed E-state index contributed by atoms with van der Waals surface area (Å²) >= 11 is 0. The molecule has 0 spiro atoms. The molecule has 0 aromatic rings. The quantitative estimate of drug-likeness (QED) is 0.354. The molecule has 3 nitrogen and oxygen atoms in total. The van der Waals surface area contributed by atoms with Crippen LogP contribution in [0.15, 0.2) is 0 Å². The van der Waals surface area contributed by atoms with Crippen LogP contribution in [0.3, 0.4) is 0 Å². The smallest absolute Gasteiger partial charge is 0.00369 e. The maximum absolute atomic E-state index is 5.42. The third-order valence-corrected chi connectivity index (χ3v) is 3.49. The zero-order valence-electron chi connectivity index (χ0n) is 9.23. The topological polar surface area (TPSA) is 64.1 Å². The van der Waals surface area contributed by atoms with Crippen molar-refractivity contribution in [3.05, 3.63) is 0 Å². The van der Waals surface area contributed by atoms with Crippen molar-refractivity contribution in [3.63, 3.8) is 0 Å². The molecule has 0 aromatic carbocycles. The molecule has 0 saturated heterocycles. The van der Waals surface area contributed by atoms with Gasteiger partial charge in [0.25, 0.3) is 0 Å². The van der Waals surface area contributed by atoms with Crippen LogP contribution in [-0.4, -0.2) is 38.5 Å². The number of nitrogens with one attached hydrogen (secondary N) is 1. The monoisotopic (exact) mass is 219 g/mol. The van der Waals surface area contributed by atoms with Gasteiger partial charge in [0.2, 0.25) is 0 Å². The average Bonchev–Trinajstić information content (AvgIpc) is 2.21. The third-order valence-electron chi connectivity index (χ3n) is 2.07. The first-order chi connectivity index (χ1) is 6.91. The van der Waals surface area contributed by atoms with Crippen LogP contribution in [0.2, 0.25) is 0 Å². The van der Waals surface area contributed by atoms with Crippen molar-refractivity contribution in [2.75, 3.05) is 38.5 Å². The van der Waals surface area contributed by atoms with E-state index in [-0.39, 0.29) is 0 Å².